The number of methoxy groups -OCH3 is 1. The van der Waals surface area contributed by atoms with Crippen molar-refractivity contribution in [3.8, 4) is 0 Å². The maximum absolute atomic E-state index is 11.1. The first-order chi connectivity index (χ1) is 12.8. The number of unbranched alkanes of at least 4 members (excludes halogenated alkanes) is 3. The van der Waals surface area contributed by atoms with Gasteiger partial charge < -0.3 is 20.1 Å². The minimum Gasteiger partial charge on any atom is -0.469 e. The van der Waals surface area contributed by atoms with Crippen molar-refractivity contribution in [3.05, 3.63) is 24.3 Å². The number of aliphatic hydroxyl groups is 3. The van der Waals surface area contributed by atoms with Crippen LogP contribution in [0.4, 0.5) is 0 Å². The smallest absolute Gasteiger partial charge is 0.305 e. The molecule has 0 aromatic heterocycles. The molecule has 1 aliphatic carbocycles. The van der Waals surface area contributed by atoms with E-state index < -0.39 is 17.8 Å². The third-order valence-corrected chi connectivity index (χ3v) is 5.43. The Morgan fingerprint density at radius 1 is 1.19 bits per heavy atom. The maximum atomic E-state index is 11.1. The molecule has 0 radical (unpaired) electrons. The fraction of sp³-hybridized carbons (Fsp3) is 0.773. The second kappa shape index (κ2) is 12.3. The lowest BCUT2D eigenvalue weighted by Gasteiger charge is -2.23. The summed E-state index contributed by atoms with van der Waals surface area (Å²) in [6, 6.07) is 0. The van der Waals surface area contributed by atoms with Crippen molar-refractivity contribution >= 4 is 5.97 Å². The number of ether oxygens (including phenoxy) is 1. The van der Waals surface area contributed by atoms with E-state index >= 15 is 0 Å². The molecule has 0 aromatic rings. The molecule has 1 saturated carbocycles. The Labute approximate surface area is 164 Å². The van der Waals surface area contributed by atoms with Gasteiger partial charge in [-0.3, -0.25) is 4.79 Å². The quantitative estimate of drug-likeness (QED) is 0.273. The van der Waals surface area contributed by atoms with Crippen LogP contribution >= 0.6 is 0 Å². The van der Waals surface area contributed by atoms with E-state index in [1.54, 1.807) is 13.0 Å². The summed E-state index contributed by atoms with van der Waals surface area (Å²) in [6.07, 6.45) is 13.4. The topological polar surface area (TPSA) is 87.0 Å². The number of rotatable bonds is 12. The molecule has 27 heavy (non-hydrogen) atoms. The fourth-order valence-corrected chi connectivity index (χ4v) is 3.68. The van der Waals surface area contributed by atoms with Crippen LogP contribution in [0.1, 0.15) is 71.6 Å². The summed E-state index contributed by atoms with van der Waals surface area (Å²) >= 11 is 0. The highest BCUT2D eigenvalue weighted by Crippen LogP contribution is 2.37. The predicted molar refractivity (Wildman–Crippen MR) is 107 cm³/mol. The van der Waals surface area contributed by atoms with Crippen molar-refractivity contribution in [2.45, 2.75) is 89.4 Å². The molecule has 5 heteroatoms. The van der Waals surface area contributed by atoms with Crippen molar-refractivity contribution in [1.29, 1.82) is 0 Å². The average Bonchev–Trinajstić information content (AvgIpc) is 2.89. The molecular formula is C22H38O5. The first kappa shape index (κ1) is 23.9. The molecule has 0 saturated heterocycles. The highest BCUT2D eigenvalue weighted by atomic mass is 16.5. The van der Waals surface area contributed by atoms with E-state index in [9.17, 15) is 20.1 Å². The van der Waals surface area contributed by atoms with Gasteiger partial charge in [0.05, 0.1) is 24.9 Å². The number of allylic oxidation sites excluding steroid dienone is 2. The standard InChI is InChI=1S/C22H38O5/c1-4-5-10-14-22(2,26)15-13-18-17(19(23)16-20(18)24)11-8-6-7-9-12-21(25)27-3/h6,8,13,15,17-20,23-24,26H,4-5,7,9-12,14,16H2,1-3H3/b8-6+,15-13+/t17?,18?,19?,20?,22-/m0/s1. The molecule has 5 atom stereocenters. The lowest BCUT2D eigenvalue weighted by molar-refractivity contribution is -0.140. The van der Waals surface area contributed by atoms with Gasteiger partial charge in [0, 0.05) is 18.8 Å². The monoisotopic (exact) mass is 382 g/mol. The SMILES string of the molecule is CCCCC[C@](C)(O)/C=C/C1C(O)CC(O)C1C/C=C/CCCC(=O)OC. The Balaban J connectivity index is 2.54. The molecule has 4 unspecified atom stereocenters. The fourth-order valence-electron chi connectivity index (χ4n) is 3.68. The molecule has 0 bridgehead atoms. The number of carbonyl (C=O) groups is 1. The Hall–Kier alpha value is -1.17. The van der Waals surface area contributed by atoms with E-state index in [0.29, 0.717) is 25.7 Å². The third kappa shape index (κ3) is 9.04. The average molecular weight is 383 g/mol. The number of esters is 1. The van der Waals surface area contributed by atoms with E-state index in [1.807, 2.05) is 18.2 Å². The van der Waals surface area contributed by atoms with Gasteiger partial charge in [0.25, 0.3) is 0 Å². The van der Waals surface area contributed by atoms with Gasteiger partial charge in [-0.25, -0.2) is 0 Å². The zero-order chi connectivity index (χ0) is 20.3. The highest BCUT2D eigenvalue weighted by molar-refractivity contribution is 5.69. The van der Waals surface area contributed by atoms with Gasteiger partial charge in [-0.1, -0.05) is 50.5 Å². The van der Waals surface area contributed by atoms with E-state index in [0.717, 1.165) is 32.1 Å². The minimum atomic E-state index is -0.878. The van der Waals surface area contributed by atoms with E-state index in [2.05, 4.69) is 11.7 Å². The minimum absolute atomic E-state index is 0.0560. The van der Waals surface area contributed by atoms with Crippen LogP contribution in [0.5, 0.6) is 0 Å². The summed E-state index contributed by atoms with van der Waals surface area (Å²) in [4.78, 5) is 11.1. The van der Waals surface area contributed by atoms with Crippen molar-refractivity contribution in [3.63, 3.8) is 0 Å². The van der Waals surface area contributed by atoms with Gasteiger partial charge in [0.15, 0.2) is 0 Å². The number of hydrogen-bond donors (Lipinski definition) is 3. The number of carbonyl (C=O) groups excluding carboxylic acids is 1. The normalized spacial score (nSPS) is 28.1. The van der Waals surface area contributed by atoms with Crippen LogP contribution < -0.4 is 0 Å². The summed E-state index contributed by atoms with van der Waals surface area (Å²) in [5.74, 6) is -0.411. The summed E-state index contributed by atoms with van der Waals surface area (Å²) in [7, 11) is 1.39. The van der Waals surface area contributed by atoms with Crippen LogP contribution in [0, 0.1) is 11.8 Å². The van der Waals surface area contributed by atoms with Crippen LogP contribution in [0.25, 0.3) is 0 Å². The summed E-state index contributed by atoms with van der Waals surface area (Å²) in [5, 5.41) is 31.1. The van der Waals surface area contributed by atoms with Crippen LogP contribution in [0.2, 0.25) is 0 Å². The highest BCUT2D eigenvalue weighted by Gasteiger charge is 2.39. The zero-order valence-electron chi connectivity index (χ0n) is 17.1. The molecule has 0 heterocycles. The van der Waals surface area contributed by atoms with Crippen LogP contribution in [-0.2, 0) is 9.53 Å². The lowest BCUT2D eigenvalue weighted by atomic mass is 9.88. The van der Waals surface area contributed by atoms with Gasteiger partial charge in [0.1, 0.15) is 0 Å². The van der Waals surface area contributed by atoms with E-state index in [-0.39, 0.29) is 17.8 Å². The lowest BCUT2D eigenvalue weighted by Crippen LogP contribution is -2.24. The van der Waals surface area contributed by atoms with Gasteiger partial charge in [-0.2, -0.15) is 0 Å². The molecule has 1 rings (SSSR count). The van der Waals surface area contributed by atoms with E-state index in [1.165, 1.54) is 7.11 Å². The largest absolute Gasteiger partial charge is 0.469 e. The van der Waals surface area contributed by atoms with Gasteiger partial charge >= 0.3 is 5.97 Å². The molecule has 5 nitrogen and oxygen atoms in total. The second-order valence-electron chi connectivity index (χ2n) is 7.96. The van der Waals surface area contributed by atoms with Gasteiger partial charge in [-0.05, 0) is 38.5 Å². The third-order valence-electron chi connectivity index (χ3n) is 5.43. The molecule has 156 valence electrons. The Bertz CT molecular complexity index is 483. The van der Waals surface area contributed by atoms with Crippen molar-refractivity contribution < 1.29 is 24.9 Å². The first-order valence-electron chi connectivity index (χ1n) is 10.3. The summed E-state index contributed by atoms with van der Waals surface area (Å²) in [5.41, 5.74) is -0.878. The molecule has 0 aliphatic heterocycles. The van der Waals surface area contributed by atoms with E-state index in [4.69, 9.17) is 0 Å². The summed E-state index contributed by atoms with van der Waals surface area (Å²) in [6.45, 7) is 3.93. The molecule has 3 N–H and O–H groups in total. The molecular weight excluding hydrogens is 344 g/mol. The molecule has 0 amide bonds. The van der Waals surface area contributed by atoms with Crippen molar-refractivity contribution in [1.82, 2.24) is 0 Å². The van der Waals surface area contributed by atoms with Crippen LogP contribution in [0.3, 0.4) is 0 Å². The van der Waals surface area contributed by atoms with Crippen molar-refractivity contribution in [2.75, 3.05) is 7.11 Å². The predicted octanol–water partition coefficient (Wildman–Crippen LogP) is 3.52. The Kier molecular flexibility index (Phi) is 10.9. The molecule has 1 fully saturated rings. The second-order valence-corrected chi connectivity index (χ2v) is 7.96. The zero-order valence-corrected chi connectivity index (χ0v) is 17.1. The summed E-state index contributed by atoms with van der Waals surface area (Å²) < 4.78 is 4.61. The van der Waals surface area contributed by atoms with Crippen LogP contribution in [0.15, 0.2) is 24.3 Å². The first-order valence-corrected chi connectivity index (χ1v) is 10.3. The molecule has 0 aromatic carbocycles. The molecule has 1 aliphatic rings. The number of aliphatic hydroxyl groups excluding tert-OH is 2. The maximum Gasteiger partial charge on any atom is 0.305 e. The van der Waals surface area contributed by atoms with Crippen molar-refractivity contribution in [2.24, 2.45) is 11.8 Å². The Morgan fingerprint density at radius 3 is 2.59 bits per heavy atom. The number of hydrogen-bond acceptors (Lipinski definition) is 5. The Morgan fingerprint density at radius 2 is 1.93 bits per heavy atom. The molecule has 0 spiro atoms. The van der Waals surface area contributed by atoms with Gasteiger partial charge in [-0.15, -0.1) is 0 Å². The van der Waals surface area contributed by atoms with Gasteiger partial charge in [0.2, 0.25) is 0 Å². The van der Waals surface area contributed by atoms with Crippen LogP contribution in [-0.4, -0.2) is 46.2 Å².